The number of amides is 1. The van der Waals surface area contributed by atoms with Crippen LogP contribution in [0.2, 0.25) is 0 Å². The lowest BCUT2D eigenvalue weighted by atomic mass is 10.1. The van der Waals surface area contributed by atoms with E-state index in [2.05, 4.69) is 31.1 Å². The van der Waals surface area contributed by atoms with E-state index in [-0.39, 0.29) is 6.04 Å². The Morgan fingerprint density at radius 2 is 2.19 bits per heavy atom. The summed E-state index contributed by atoms with van der Waals surface area (Å²) in [6.45, 7) is 6.94. The molecule has 0 radical (unpaired) electrons. The van der Waals surface area contributed by atoms with Crippen molar-refractivity contribution < 1.29 is 4.79 Å². The lowest BCUT2D eigenvalue weighted by Crippen LogP contribution is -2.47. The van der Waals surface area contributed by atoms with Gasteiger partial charge in [0.05, 0.1) is 6.04 Å². The molecule has 1 aliphatic rings. The highest BCUT2D eigenvalue weighted by atomic mass is 16.2. The van der Waals surface area contributed by atoms with Crippen molar-refractivity contribution in [1.29, 1.82) is 0 Å². The molecule has 0 aromatic rings. The molecule has 0 aromatic heterocycles. The summed E-state index contributed by atoms with van der Waals surface area (Å²) in [5.41, 5.74) is 0. The van der Waals surface area contributed by atoms with Gasteiger partial charge in [0.1, 0.15) is 0 Å². The van der Waals surface area contributed by atoms with Crippen molar-refractivity contribution in [2.45, 2.75) is 38.8 Å². The molecule has 0 bridgehead atoms. The summed E-state index contributed by atoms with van der Waals surface area (Å²) in [6, 6.07) is 0.428. The molecular formula is C12H25N3O. The van der Waals surface area contributed by atoms with Gasteiger partial charge in [0.2, 0.25) is 5.91 Å². The third kappa shape index (κ3) is 2.95. The summed E-state index contributed by atoms with van der Waals surface area (Å²) in [7, 11) is 3.99. The van der Waals surface area contributed by atoms with E-state index in [1.54, 1.807) is 0 Å². The largest absolute Gasteiger partial charge is 0.339 e. The van der Waals surface area contributed by atoms with Gasteiger partial charge in [-0.15, -0.1) is 0 Å². The molecule has 1 N–H and O–H groups in total. The summed E-state index contributed by atoms with van der Waals surface area (Å²) in [5, 5.41) is 3.12. The Balaban J connectivity index is 2.74. The molecule has 1 aliphatic heterocycles. The van der Waals surface area contributed by atoms with E-state index in [4.69, 9.17) is 0 Å². The van der Waals surface area contributed by atoms with Crippen LogP contribution >= 0.6 is 0 Å². The van der Waals surface area contributed by atoms with E-state index in [1.807, 2.05) is 11.9 Å². The standard InChI is InChI=1S/C12H25N3O/c1-5-15-10(2)7-9-14(4)11(12(15)16)6-8-13-3/h10-11,13H,5-9H2,1-4H3. The van der Waals surface area contributed by atoms with Crippen LogP contribution in [0.4, 0.5) is 0 Å². The molecule has 94 valence electrons. The van der Waals surface area contributed by atoms with E-state index in [9.17, 15) is 4.79 Å². The maximum atomic E-state index is 12.4. The normalized spacial score (nSPS) is 28.2. The van der Waals surface area contributed by atoms with E-state index in [1.165, 1.54) is 0 Å². The fourth-order valence-electron chi connectivity index (χ4n) is 2.39. The van der Waals surface area contributed by atoms with Crippen LogP contribution in [0.15, 0.2) is 0 Å². The minimum Gasteiger partial charge on any atom is -0.339 e. The van der Waals surface area contributed by atoms with Gasteiger partial charge in [0, 0.05) is 19.1 Å². The topological polar surface area (TPSA) is 35.6 Å². The van der Waals surface area contributed by atoms with E-state index in [0.29, 0.717) is 11.9 Å². The summed E-state index contributed by atoms with van der Waals surface area (Å²) < 4.78 is 0. The molecule has 16 heavy (non-hydrogen) atoms. The van der Waals surface area contributed by atoms with Gasteiger partial charge in [-0.3, -0.25) is 9.69 Å². The molecule has 2 atom stereocenters. The van der Waals surface area contributed by atoms with Crippen molar-refractivity contribution in [3.63, 3.8) is 0 Å². The van der Waals surface area contributed by atoms with Gasteiger partial charge in [-0.25, -0.2) is 0 Å². The van der Waals surface area contributed by atoms with Crippen molar-refractivity contribution >= 4 is 5.91 Å². The third-order valence-electron chi connectivity index (χ3n) is 3.54. The number of nitrogens with zero attached hydrogens (tertiary/aromatic N) is 2. The van der Waals surface area contributed by atoms with Crippen LogP contribution in [0, 0.1) is 0 Å². The predicted octanol–water partition coefficient (Wildman–Crippen LogP) is 0.537. The molecule has 0 spiro atoms. The van der Waals surface area contributed by atoms with Crippen LogP contribution in [0.5, 0.6) is 0 Å². The zero-order valence-corrected chi connectivity index (χ0v) is 11.0. The van der Waals surface area contributed by atoms with Gasteiger partial charge in [-0.2, -0.15) is 0 Å². The van der Waals surface area contributed by atoms with Crippen LogP contribution in [-0.2, 0) is 4.79 Å². The molecule has 1 saturated heterocycles. The predicted molar refractivity (Wildman–Crippen MR) is 66.4 cm³/mol. The van der Waals surface area contributed by atoms with Gasteiger partial charge in [0.25, 0.3) is 0 Å². The first-order valence-corrected chi connectivity index (χ1v) is 6.27. The molecular weight excluding hydrogens is 202 g/mol. The average molecular weight is 227 g/mol. The highest BCUT2D eigenvalue weighted by Crippen LogP contribution is 2.17. The molecule has 1 rings (SSSR count). The van der Waals surface area contributed by atoms with Crippen LogP contribution in [0.1, 0.15) is 26.7 Å². The van der Waals surface area contributed by atoms with E-state index < -0.39 is 0 Å². The first-order valence-electron chi connectivity index (χ1n) is 6.27. The second kappa shape index (κ2) is 6.21. The SMILES string of the molecule is CCN1C(=O)C(CCNC)N(C)CCC1C. The molecule has 0 saturated carbocycles. The molecule has 1 fully saturated rings. The quantitative estimate of drug-likeness (QED) is 0.761. The fourth-order valence-corrected chi connectivity index (χ4v) is 2.39. The molecule has 0 aromatic carbocycles. The Labute approximate surface area is 99.0 Å². The highest BCUT2D eigenvalue weighted by molar-refractivity contribution is 5.82. The average Bonchev–Trinajstić information content (AvgIpc) is 2.36. The number of carbonyl (C=O) groups excluding carboxylic acids is 1. The van der Waals surface area contributed by atoms with Gasteiger partial charge < -0.3 is 10.2 Å². The minimum atomic E-state index is 0.0531. The van der Waals surface area contributed by atoms with Crippen molar-refractivity contribution in [3.8, 4) is 0 Å². The summed E-state index contributed by atoms with van der Waals surface area (Å²) >= 11 is 0. The molecule has 1 heterocycles. The molecule has 4 heteroatoms. The minimum absolute atomic E-state index is 0.0531. The zero-order valence-electron chi connectivity index (χ0n) is 11.0. The smallest absolute Gasteiger partial charge is 0.240 e. The molecule has 0 aliphatic carbocycles. The summed E-state index contributed by atoms with van der Waals surface area (Å²) in [6.07, 6.45) is 1.97. The first-order chi connectivity index (χ1) is 7.61. The summed E-state index contributed by atoms with van der Waals surface area (Å²) in [4.78, 5) is 16.6. The van der Waals surface area contributed by atoms with E-state index in [0.717, 1.165) is 32.5 Å². The Kier molecular flexibility index (Phi) is 5.22. The number of carbonyl (C=O) groups is 1. The van der Waals surface area contributed by atoms with Crippen molar-refractivity contribution in [2.24, 2.45) is 0 Å². The number of hydrogen-bond donors (Lipinski definition) is 1. The Morgan fingerprint density at radius 1 is 1.50 bits per heavy atom. The number of hydrogen-bond acceptors (Lipinski definition) is 3. The van der Waals surface area contributed by atoms with Crippen LogP contribution in [-0.4, -0.2) is 61.5 Å². The fraction of sp³-hybridized carbons (Fsp3) is 0.917. The maximum absolute atomic E-state index is 12.4. The van der Waals surface area contributed by atoms with Gasteiger partial charge in [0.15, 0.2) is 0 Å². The second-order valence-corrected chi connectivity index (χ2v) is 4.65. The highest BCUT2D eigenvalue weighted by Gasteiger charge is 2.32. The maximum Gasteiger partial charge on any atom is 0.240 e. The Bertz CT molecular complexity index is 232. The van der Waals surface area contributed by atoms with Gasteiger partial charge in [-0.1, -0.05) is 0 Å². The van der Waals surface area contributed by atoms with Crippen molar-refractivity contribution in [3.05, 3.63) is 0 Å². The number of nitrogens with one attached hydrogen (secondary N) is 1. The van der Waals surface area contributed by atoms with Crippen LogP contribution < -0.4 is 5.32 Å². The van der Waals surface area contributed by atoms with Gasteiger partial charge >= 0.3 is 0 Å². The summed E-state index contributed by atoms with van der Waals surface area (Å²) in [5.74, 6) is 0.297. The first kappa shape index (κ1) is 13.5. The third-order valence-corrected chi connectivity index (χ3v) is 3.54. The van der Waals surface area contributed by atoms with Crippen LogP contribution in [0.3, 0.4) is 0 Å². The number of likely N-dealkylation sites (N-methyl/N-ethyl adjacent to an activating group) is 2. The molecule has 2 unspecified atom stereocenters. The van der Waals surface area contributed by atoms with Crippen molar-refractivity contribution in [2.75, 3.05) is 33.7 Å². The monoisotopic (exact) mass is 227 g/mol. The lowest BCUT2D eigenvalue weighted by Gasteiger charge is -2.29. The van der Waals surface area contributed by atoms with Crippen LogP contribution in [0.25, 0.3) is 0 Å². The Morgan fingerprint density at radius 3 is 2.75 bits per heavy atom. The molecule has 1 amide bonds. The van der Waals surface area contributed by atoms with E-state index >= 15 is 0 Å². The van der Waals surface area contributed by atoms with Crippen molar-refractivity contribution in [1.82, 2.24) is 15.1 Å². The number of rotatable bonds is 4. The Hall–Kier alpha value is -0.610. The zero-order chi connectivity index (χ0) is 12.1. The second-order valence-electron chi connectivity index (χ2n) is 4.65. The van der Waals surface area contributed by atoms with Gasteiger partial charge in [-0.05, 0) is 47.3 Å². The molecule has 4 nitrogen and oxygen atoms in total. The lowest BCUT2D eigenvalue weighted by molar-refractivity contribution is -0.136.